The third-order valence-corrected chi connectivity index (χ3v) is 3.75. The van der Waals surface area contributed by atoms with Gasteiger partial charge in [-0.1, -0.05) is 11.2 Å². The Kier molecular flexibility index (Phi) is 3.84. The van der Waals surface area contributed by atoms with Crippen LogP contribution in [0.4, 0.5) is 10.1 Å². The number of aromatic nitrogens is 2. The van der Waals surface area contributed by atoms with Crippen molar-refractivity contribution in [1.29, 1.82) is 0 Å². The highest BCUT2D eigenvalue weighted by molar-refractivity contribution is 7.13. The van der Waals surface area contributed by atoms with Gasteiger partial charge in [-0.3, -0.25) is 4.79 Å². The number of nitrogens with zero attached hydrogens (tertiary/aromatic N) is 2. The topological polar surface area (TPSA) is 94.0 Å². The first-order valence-electron chi connectivity index (χ1n) is 6.33. The molecule has 0 spiro atoms. The lowest BCUT2D eigenvalue weighted by Crippen LogP contribution is -2.13. The third kappa shape index (κ3) is 2.96. The summed E-state index contributed by atoms with van der Waals surface area (Å²) in [6, 6.07) is 7.86. The molecule has 0 unspecified atom stereocenters. The van der Waals surface area contributed by atoms with Crippen LogP contribution in [0.25, 0.3) is 10.7 Å². The fourth-order valence-corrected chi connectivity index (χ4v) is 2.48. The van der Waals surface area contributed by atoms with Gasteiger partial charge in [0.15, 0.2) is 0 Å². The van der Waals surface area contributed by atoms with Crippen LogP contribution in [-0.2, 0) is 6.54 Å². The molecule has 6 nitrogen and oxygen atoms in total. The van der Waals surface area contributed by atoms with Crippen LogP contribution in [0.3, 0.4) is 0 Å². The normalized spacial score (nSPS) is 10.6. The Morgan fingerprint density at radius 2 is 2.27 bits per heavy atom. The van der Waals surface area contributed by atoms with Crippen LogP contribution in [-0.4, -0.2) is 16.0 Å². The zero-order valence-electron chi connectivity index (χ0n) is 11.2. The molecule has 3 N–H and O–H groups in total. The average molecular weight is 318 g/mol. The van der Waals surface area contributed by atoms with Crippen LogP contribution in [0.15, 0.2) is 40.2 Å². The zero-order chi connectivity index (χ0) is 15.5. The molecular formula is C14H11FN4O2S. The lowest BCUT2D eigenvalue weighted by Gasteiger charge is -2.05. The second-order valence-corrected chi connectivity index (χ2v) is 5.35. The summed E-state index contributed by atoms with van der Waals surface area (Å²) in [6.45, 7) is 0.244. The lowest BCUT2D eigenvalue weighted by atomic mass is 10.2. The molecular weight excluding hydrogens is 307 g/mol. The molecule has 0 aliphatic heterocycles. The second kappa shape index (κ2) is 5.94. The zero-order valence-corrected chi connectivity index (χ0v) is 12.1. The molecule has 0 fully saturated rings. The van der Waals surface area contributed by atoms with Crippen LogP contribution < -0.4 is 11.1 Å². The van der Waals surface area contributed by atoms with Crippen LogP contribution in [0.1, 0.15) is 16.2 Å². The number of carbonyl (C=O) groups excluding carboxylic acids is 1. The summed E-state index contributed by atoms with van der Waals surface area (Å²) >= 11 is 1.51. The first-order valence-corrected chi connectivity index (χ1v) is 7.21. The van der Waals surface area contributed by atoms with E-state index in [1.54, 1.807) is 6.07 Å². The molecule has 0 aliphatic rings. The maximum absolute atomic E-state index is 13.6. The number of benzene rings is 1. The van der Waals surface area contributed by atoms with Crippen molar-refractivity contribution >= 4 is 22.9 Å². The van der Waals surface area contributed by atoms with Crippen molar-refractivity contribution in [1.82, 2.24) is 10.1 Å². The molecule has 0 aliphatic carbocycles. The van der Waals surface area contributed by atoms with E-state index in [1.165, 1.54) is 23.5 Å². The van der Waals surface area contributed by atoms with Gasteiger partial charge in [-0.25, -0.2) is 4.39 Å². The minimum Gasteiger partial charge on any atom is -0.376 e. The van der Waals surface area contributed by atoms with Gasteiger partial charge >= 0.3 is 0 Å². The molecule has 2 heterocycles. The minimum absolute atomic E-state index is 0.150. The van der Waals surface area contributed by atoms with E-state index in [0.717, 1.165) is 4.88 Å². The van der Waals surface area contributed by atoms with E-state index in [9.17, 15) is 9.18 Å². The highest BCUT2D eigenvalue weighted by Gasteiger charge is 2.11. The van der Waals surface area contributed by atoms with Gasteiger partial charge in [0, 0.05) is 5.69 Å². The van der Waals surface area contributed by atoms with Gasteiger partial charge in [-0.05, 0) is 29.6 Å². The van der Waals surface area contributed by atoms with E-state index in [-0.39, 0.29) is 12.1 Å². The summed E-state index contributed by atoms with van der Waals surface area (Å²) in [5, 5.41) is 8.74. The summed E-state index contributed by atoms with van der Waals surface area (Å²) in [7, 11) is 0. The Morgan fingerprint density at radius 3 is 2.95 bits per heavy atom. The molecule has 0 saturated carbocycles. The fourth-order valence-electron chi connectivity index (χ4n) is 1.84. The van der Waals surface area contributed by atoms with Crippen LogP contribution in [0, 0.1) is 5.82 Å². The van der Waals surface area contributed by atoms with Gasteiger partial charge < -0.3 is 15.6 Å². The van der Waals surface area contributed by atoms with E-state index in [0.29, 0.717) is 17.4 Å². The van der Waals surface area contributed by atoms with E-state index in [4.69, 9.17) is 10.3 Å². The predicted molar refractivity (Wildman–Crippen MR) is 79.9 cm³/mol. The molecule has 0 atom stereocenters. The van der Waals surface area contributed by atoms with E-state index in [1.807, 2.05) is 17.5 Å². The number of carbonyl (C=O) groups is 1. The number of nitrogens with one attached hydrogen (secondary N) is 1. The Morgan fingerprint density at radius 1 is 1.41 bits per heavy atom. The largest absolute Gasteiger partial charge is 0.376 e. The maximum Gasteiger partial charge on any atom is 0.251 e. The molecule has 112 valence electrons. The highest BCUT2D eigenvalue weighted by Crippen LogP contribution is 2.21. The molecule has 3 aromatic rings. The van der Waals surface area contributed by atoms with E-state index < -0.39 is 11.7 Å². The Labute approximate surface area is 128 Å². The van der Waals surface area contributed by atoms with Gasteiger partial charge in [-0.2, -0.15) is 4.98 Å². The maximum atomic E-state index is 13.6. The van der Waals surface area contributed by atoms with Crippen molar-refractivity contribution in [2.24, 2.45) is 5.73 Å². The molecule has 8 heteroatoms. The first-order chi connectivity index (χ1) is 10.6. The SMILES string of the molecule is NC(=O)c1ccc(NCc2nc(-c3cccs3)no2)cc1F. The van der Waals surface area contributed by atoms with Crippen molar-refractivity contribution in [2.45, 2.75) is 6.54 Å². The van der Waals surface area contributed by atoms with Crippen molar-refractivity contribution in [3.8, 4) is 10.7 Å². The van der Waals surface area contributed by atoms with Gasteiger partial charge in [0.1, 0.15) is 5.82 Å². The number of hydrogen-bond acceptors (Lipinski definition) is 6. The quantitative estimate of drug-likeness (QED) is 0.754. The summed E-state index contributed by atoms with van der Waals surface area (Å²) < 4.78 is 18.7. The number of thiophene rings is 1. The van der Waals surface area contributed by atoms with Gasteiger partial charge in [0.25, 0.3) is 5.91 Å². The fraction of sp³-hybridized carbons (Fsp3) is 0.0714. The van der Waals surface area contributed by atoms with Crippen molar-refractivity contribution < 1.29 is 13.7 Å². The smallest absolute Gasteiger partial charge is 0.251 e. The van der Waals surface area contributed by atoms with Crippen LogP contribution >= 0.6 is 11.3 Å². The Bertz CT molecular complexity index is 801. The van der Waals surface area contributed by atoms with Gasteiger partial charge in [0.2, 0.25) is 11.7 Å². The molecule has 0 radical (unpaired) electrons. The van der Waals surface area contributed by atoms with Crippen LogP contribution in [0.5, 0.6) is 0 Å². The molecule has 2 aromatic heterocycles. The molecule has 1 amide bonds. The highest BCUT2D eigenvalue weighted by atomic mass is 32.1. The number of anilines is 1. The predicted octanol–water partition coefficient (Wildman–Crippen LogP) is 2.65. The number of amides is 1. The Hall–Kier alpha value is -2.74. The first kappa shape index (κ1) is 14.2. The van der Waals surface area contributed by atoms with Crippen molar-refractivity contribution in [2.75, 3.05) is 5.32 Å². The van der Waals surface area contributed by atoms with E-state index >= 15 is 0 Å². The van der Waals surface area contributed by atoms with Gasteiger partial charge in [0.05, 0.1) is 17.0 Å². The number of primary amides is 1. The molecule has 22 heavy (non-hydrogen) atoms. The monoisotopic (exact) mass is 318 g/mol. The average Bonchev–Trinajstić information content (AvgIpc) is 3.16. The standard InChI is InChI=1S/C14H11FN4O2S/c15-10-6-8(3-4-9(10)13(16)20)17-7-12-18-14(19-21-12)11-2-1-5-22-11/h1-6,17H,7H2,(H2,16,20). The summed E-state index contributed by atoms with van der Waals surface area (Å²) in [5.41, 5.74) is 5.38. The minimum atomic E-state index is -0.804. The van der Waals surface area contributed by atoms with Crippen molar-refractivity contribution in [3.63, 3.8) is 0 Å². The number of rotatable bonds is 5. The third-order valence-electron chi connectivity index (χ3n) is 2.89. The second-order valence-electron chi connectivity index (χ2n) is 4.40. The van der Waals surface area contributed by atoms with Crippen LogP contribution in [0.2, 0.25) is 0 Å². The molecule has 3 rings (SSSR count). The Balaban J connectivity index is 1.68. The molecule has 1 aromatic carbocycles. The molecule has 0 saturated heterocycles. The number of hydrogen-bond donors (Lipinski definition) is 2. The molecule has 0 bridgehead atoms. The number of nitrogens with two attached hydrogens (primary N) is 1. The van der Waals surface area contributed by atoms with Crippen molar-refractivity contribution in [3.05, 3.63) is 53.0 Å². The number of halogens is 1. The summed E-state index contributed by atoms with van der Waals surface area (Å²) in [4.78, 5) is 16.1. The van der Waals surface area contributed by atoms with E-state index in [2.05, 4.69) is 15.5 Å². The lowest BCUT2D eigenvalue weighted by molar-refractivity contribution is 0.0996. The van der Waals surface area contributed by atoms with Gasteiger partial charge in [-0.15, -0.1) is 11.3 Å². The summed E-state index contributed by atoms with van der Waals surface area (Å²) in [5.74, 6) is -0.589. The summed E-state index contributed by atoms with van der Waals surface area (Å²) in [6.07, 6.45) is 0.